The van der Waals surface area contributed by atoms with Gasteiger partial charge in [0.05, 0.1) is 0 Å². The Morgan fingerprint density at radius 1 is 0.724 bits per heavy atom. The molecule has 0 aliphatic heterocycles. The number of hydrogen-bond acceptors (Lipinski definition) is 0. The van der Waals surface area contributed by atoms with Crippen molar-refractivity contribution in [2.75, 3.05) is 0 Å². The van der Waals surface area contributed by atoms with Crippen LogP contribution in [-0.4, -0.2) is 12.3 Å². The minimum atomic E-state index is -1.68. The third-order valence-electron chi connectivity index (χ3n) is 6.38. The van der Waals surface area contributed by atoms with Crippen LogP contribution in [0.5, 0.6) is 0 Å². The molecule has 0 amide bonds. The first kappa shape index (κ1) is 19.9. The number of rotatable bonds is 3. The lowest BCUT2D eigenvalue weighted by molar-refractivity contribution is 0.214. The zero-order valence-electron chi connectivity index (χ0n) is 16.3. The summed E-state index contributed by atoms with van der Waals surface area (Å²) in [5.74, 6) is -1.71. The number of alkyl halides is 2. The summed E-state index contributed by atoms with van der Waals surface area (Å²) in [6.07, 6.45) is 2.64. The molecule has 2 aromatic carbocycles. The highest BCUT2D eigenvalue weighted by molar-refractivity contribution is 5.73. The molecule has 2 atom stereocenters. The highest BCUT2D eigenvalue weighted by atomic mass is 19.2. The maximum absolute atomic E-state index is 14.9. The number of allylic oxidation sites excluding steroid dienone is 4. The lowest BCUT2D eigenvalue weighted by Gasteiger charge is -2.34. The fourth-order valence-corrected chi connectivity index (χ4v) is 4.66. The van der Waals surface area contributed by atoms with Crippen molar-refractivity contribution in [3.63, 3.8) is 0 Å². The fourth-order valence-electron chi connectivity index (χ4n) is 4.66. The lowest BCUT2D eigenvalue weighted by Crippen LogP contribution is -2.29. The molecule has 1 fully saturated rings. The van der Waals surface area contributed by atoms with Crippen molar-refractivity contribution >= 4 is 5.57 Å². The van der Waals surface area contributed by atoms with Crippen molar-refractivity contribution in [3.05, 3.63) is 88.5 Å². The van der Waals surface area contributed by atoms with Crippen molar-refractivity contribution in [3.8, 4) is 0 Å². The topological polar surface area (TPSA) is 0 Å². The predicted molar refractivity (Wildman–Crippen MR) is 108 cm³/mol. The molecule has 1 saturated carbocycles. The molecule has 4 rings (SSSR count). The van der Waals surface area contributed by atoms with Gasteiger partial charge in [-0.15, -0.1) is 0 Å². The van der Waals surface area contributed by atoms with Crippen molar-refractivity contribution in [2.45, 2.75) is 50.9 Å². The van der Waals surface area contributed by atoms with Crippen LogP contribution < -0.4 is 0 Å². The molecule has 2 aliphatic carbocycles. The van der Waals surface area contributed by atoms with E-state index in [0.29, 0.717) is 53.5 Å². The van der Waals surface area contributed by atoms with Gasteiger partial charge in [-0.2, -0.15) is 0 Å². The van der Waals surface area contributed by atoms with E-state index >= 15 is 0 Å². The Hall–Kier alpha value is -2.36. The second kappa shape index (κ2) is 8.17. The summed E-state index contributed by atoms with van der Waals surface area (Å²) in [7, 11) is 0. The Morgan fingerprint density at radius 2 is 1.38 bits per heavy atom. The van der Waals surface area contributed by atoms with Gasteiger partial charge in [0.15, 0.2) is 24.0 Å². The first-order valence-electron chi connectivity index (χ1n) is 10.2. The van der Waals surface area contributed by atoms with Crippen LogP contribution in [0, 0.1) is 24.5 Å². The van der Waals surface area contributed by atoms with Crippen molar-refractivity contribution in [2.24, 2.45) is 5.92 Å². The molecule has 2 unspecified atom stereocenters. The van der Waals surface area contributed by atoms with Crippen molar-refractivity contribution in [1.29, 1.82) is 0 Å². The van der Waals surface area contributed by atoms with Crippen LogP contribution in [0.2, 0.25) is 0 Å². The molecule has 0 saturated heterocycles. The second-order valence-electron chi connectivity index (χ2n) is 8.11. The first-order valence-corrected chi connectivity index (χ1v) is 10.2. The van der Waals surface area contributed by atoms with Gasteiger partial charge in [0, 0.05) is 0 Å². The number of halogens is 4. The summed E-state index contributed by atoms with van der Waals surface area (Å²) in [6.45, 7) is 1.54. The maximum Gasteiger partial charge on any atom is 0.162 e. The number of hydrogen-bond donors (Lipinski definition) is 0. The van der Waals surface area contributed by atoms with E-state index in [4.69, 9.17) is 0 Å². The molecule has 0 bridgehead atoms. The third-order valence-corrected chi connectivity index (χ3v) is 6.38. The summed E-state index contributed by atoms with van der Waals surface area (Å²) in [5, 5.41) is 0. The van der Waals surface area contributed by atoms with Gasteiger partial charge in [-0.25, -0.2) is 17.6 Å². The SMILES string of the molecule is Cc1ccc(C2CCC(C3=CC=C(c4ccccc4)C(F)C3F)CC2)c(F)c1F. The summed E-state index contributed by atoms with van der Waals surface area (Å²) in [4.78, 5) is 0. The molecule has 29 heavy (non-hydrogen) atoms. The van der Waals surface area contributed by atoms with E-state index in [1.807, 2.05) is 18.2 Å². The average molecular weight is 400 g/mol. The van der Waals surface area contributed by atoms with E-state index in [-0.39, 0.29) is 11.8 Å². The minimum absolute atomic E-state index is 0.0635. The Bertz CT molecular complexity index is 937. The fraction of sp³-hybridized carbons (Fsp3) is 0.360. The molecule has 0 aromatic heterocycles. The standard InChI is InChI=1S/C25H24F4/c1-15-7-12-19(23(27)22(15)26)17-8-10-18(11-9-17)21-14-13-20(24(28)25(21)29)16-5-3-2-4-6-16/h2-7,12-14,17-18,24-25H,8-11H2,1H3. The number of aryl methyl sites for hydroxylation is 1. The quantitative estimate of drug-likeness (QED) is 0.476. The van der Waals surface area contributed by atoms with Crippen LogP contribution in [0.25, 0.3) is 5.57 Å². The molecular formula is C25H24F4. The van der Waals surface area contributed by atoms with Crippen LogP contribution in [0.3, 0.4) is 0 Å². The van der Waals surface area contributed by atoms with Crippen LogP contribution in [0.15, 0.2) is 60.2 Å². The Balaban J connectivity index is 1.49. The van der Waals surface area contributed by atoms with Gasteiger partial charge in [-0.05, 0) is 72.3 Å². The maximum atomic E-state index is 14.9. The van der Waals surface area contributed by atoms with Crippen LogP contribution in [0.4, 0.5) is 17.6 Å². The van der Waals surface area contributed by atoms with E-state index in [9.17, 15) is 17.6 Å². The largest absolute Gasteiger partial charge is 0.239 e. The molecule has 4 heteroatoms. The van der Waals surface area contributed by atoms with E-state index in [0.717, 1.165) is 0 Å². The van der Waals surface area contributed by atoms with Gasteiger partial charge in [0.1, 0.15) is 0 Å². The predicted octanol–water partition coefficient (Wildman–Crippen LogP) is 7.25. The van der Waals surface area contributed by atoms with Crippen LogP contribution >= 0.6 is 0 Å². The highest BCUT2D eigenvalue weighted by Crippen LogP contribution is 2.44. The van der Waals surface area contributed by atoms with Gasteiger partial charge in [0.25, 0.3) is 0 Å². The highest BCUT2D eigenvalue weighted by Gasteiger charge is 2.36. The molecule has 0 spiro atoms. The Morgan fingerprint density at radius 3 is 2.07 bits per heavy atom. The summed E-state index contributed by atoms with van der Waals surface area (Å²) < 4.78 is 58.0. The Kier molecular flexibility index (Phi) is 5.62. The van der Waals surface area contributed by atoms with Gasteiger partial charge in [0.2, 0.25) is 0 Å². The van der Waals surface area contributed by atoms with Gasteiger partial charge in [-0.1, -0.05) is 54.6 Å². The third kappa shape index (κ3) is 3.77. The molecule has 0 heterocycles. The molecule has 2 aliphatic rings. The summed E-state index contributed by atoms with van der Waals surface area (Å²) >= 11 is 0. The summed E-state index contributed by atoms with van der Waals surface area (Å²) in [6, 6.07) is 12.3. The lowest BCUT2D eigenvalue weighted by atomic mass is 9.73. The Labute approximate surface area is 169 Å². The first-order chi connectivity index (χ1) is 14.0. The monoisotopic (exact) mass is 400 g/mol. The van der Waals surface area contributed by atoms with Gasteiger partial charge in [-0.3, -0.25) is 0 Å². The molecular weight excluding hydrogens is 376 g/mol. The average Bonchev–Trinajstić information content (AvgIpc) is 2.75. The van der Waals surface area contributed by atoms with E-state index in [1.54, 1.807) is 43.3 Å². The second-order valence-corrected chi connectivity index (χ2v) is 8.11. The van der Waals surface area contributed by atoms with E-state index in [2.05, 4.69) is 0 Å². The summed E-state index contributed by atoms with van der Waals surface area (Å²) in [5.41, 5.74) is 2.25. The molecule has 152 valence electrons. The molecule has 0 radical (unpaired) electrons. The zero-order chi connectivity index (χ0) is 20.5. The van der Waals surface area contributed by atoms with Crippen LogP contribution in [-0.2, 0) is 0 Å². The molecule has 0 nitrogen and oxygen atoms in total. The zero-order valence-corrected chi connectivity index (χ0v) is 16.3. The van der Waals surface area contributed by atoms with E-state index in [1.165, 1.54) is 0 Å². The van der Waals surface area contributed by atoms with Gasteiger partial charge < -0.3 is 0 Å². The molecule has 2 aromatic rings. The van der Waals surface area contributed by atoms with Crippen molar-refractivity contribution < 1.29 is 17.6 Å². The number of benzene rings is 2. The van der Waals surface area contributed by atoms with E-state index < -0.39 is 24.0 Å². The normalized spacial score (nSPS) is 27.3. The minimum Gasteiger partial charge on any atom is -0.239 e. The smallest absolute Gasteiger partial charge is 0.162 e. The molecule has 0 N–H and O–H groups in total. The van der Waals surface area contributed by atoms with Gasteiger partial charge >= 0.3 is 0 Å². The van der Waals surface area contributed by atoms with Crippen molar-refractivity contribution in [1.82, 2.24) is 0 Å². The van der Waals surface area contributed by atoms with Crippen LogP contribution in [0.1, 0.15) is 48.3 Å².